The number of nitrogens with one attached hydrogen (secondary N) is 1. The van der Waals surface area contributed by atoms with E-state index in [4.69, 9.17) is 9.47 Å². The molecule has 1 heterocycles. The van der Waals surface area contributed by atoms with Gasteiger partial charge >= 0.3 is 0 Å². The van der Waals surface area contributed by atoms with Crippen LogP contribution in [-0.4, -0.2) is 70.2 Å². The molecular weight excluding hydrogens is 406 g/mol. The van der Waals surface area contributed by atoms with Crippen LogP contribution in [0.25, 0.3) is 0 Å². The highest BCUT2D eigenvalue weighted by Crippen LogP contribution is 2.29. The van der Waals surface area contributed by atoms with Gasteiger partial charge in [0.2, 0.25) is 10.0 Å². The van der Waals surface area contributed by atoms with E-state index >= 15 is 0 Å². The average Bonchev–Trinajstić information content (AvgIpc) is 2.74. The molecule has 3 rings (SSSR count). The van der Waals surface area contributed by atoms with Crippen LogP contribution in [0.15, 0.2) is 42.5 Å². The standard InChI is InChI=1S/C21H27N3O5S/c1-28-18-8-9-19(20(14-18)29-2)22-21(25)17-6-4-16(5-7-17)15-23-10-12-24(13-11-23)30(3,26)27/h4-9,14H,10-13,15H2,1-3H3,(H,22,25). The lowest BCUT2D eigenvalue weighted by Crippen LogP contribution is -2.47. The van der Waals surface area contributed by atoms with E-state index in [9.17, 15) is 13.2 Å². The number of carbonyl (C=O) groups excluding carboxylic acids is 1. The Kier molecular flexibility index (Phi) is 6.96. The van der Waals surface area contributed by atoms with Crippen LogP contribution in [0.5, 0.6) is 11.5 Å². The highest BCUT2D eigenvalue weighted by atomic mass is 32.2. The molecule has 8 nitrogen and oxygen atoms in total. The van der Waals surface area contributed by atoms with Crippen LogP contribution < -0.4 is 14.8 Å². The number of rotatable bonds is 7. The van der Waals surface area contributed by atoms with Crippen molar-refractivity contribution in [3.8, 4) is 11.5 Å². The summed E-state index contributed by atoms with van der Waals surface area (Å²) in [5.41, 5.74) is 2.18. The normalized spacial score (nSPS) is 15.6. The molecule has 2 aromatic rings. The third kappa shape index (κ3) is 5.50. The first-order valence-electron chi connectivity index (χ1n) is 9.60. The largest absolute Gasteiger partial charge is 0.497 e. The molecule has 0 aromatic heterocycles. The summed E-state index contributed by atoms with van der Waals surface area (Å²) in [7, 11) is -0.0197. The molecule has 30 heavy (non-hydrogen) atoms. The number of hydrogen-bond acceptors (Lipinski definition) is 6. The van der Waals surface area contributed by atoms with Gasteiger partial charge in [0.05, 0.1) is 26.2 Å². The third-order valence-electron chi connectivity index (χ3n) is 5.08. The van der Waals surface area contributed by atoms with Crippen molar-refractivity contribution in [3.63, 3.8) is 0 Å². The predicted molar refractivity (Wildman–Crippen MR) is 116 cm³/mol. The summed E-state index contributed by atoms with van der Waals surface area (Å²) in [6.45, 7) is 3.09. The molecule has 0 aliphatic carbocycles. The maximum absolute atomic E-state index is 12.6. The van der Waals surface area contributed by atoms with E-state index in [1.54, 1.807) is 37.4 Å². The molecule has 1 amide bonds. The maximum atomic E-state index is 12.6. The number of ether oxygens (including phenoxy) is 2. The van der Waals surface area contributed by atoms with Gasteiger partial charge in [0, 0.05) is 44.4 Å². The molecule has 1 aliphatic heterocycles. The fourth-order valence-electron chi connectivity index (χ4n) is 3.34. The summed E-state index contributed by atoms with van der Waals surface area (Å²) in [6.07, 6.45) is 1.24. The number of carbonyl (C=O) groups is 1. The first kappa shape index (κ1) is 22.1. The van der Waals surface area contributed by atoms with E-state index in [2.05, 4.69) is 10.2 Å². The number of sulfonamides is 1. The van der Waals surface area contributed by atoms with Crippen LogP contribution in [-0.2, 0) is 16.6 Å². The summed E-state index contributed by atoms with van der Waals surface area (Å²) in [6, 6.07) is 12.6. The van der Waals surface area contributed by atoms with Gasteiger partial charge < -0.3 is 14.8 Å². The second kappa shape index (κ2) is 9.46. The van der Waals surface area contributed by atoms with Gasteiger partial charge in [0.1, 0.15) is 11.5 Å². The monoisotopic (exact) mass is 433 g/mol. The van der Waals surface area contributed by atoms with Gasteiger partial charge in [-0.2, -0.15) is 4.31 Å². The zero-order valence-corrected chi connectivity index (χ0v) is 18.2. The van der Waals surface area contributed by atoms with Crippen LogP contribution in [0.2, 0.25) is 0 Å². The Balaban J connectivity index is 1.59. The molecule has 1 aliphatic rings. The number of piperazine rings is 1. The molecular formula is C21H27N3O5S. The molecule has 0 saturated carbocycles. The molecule has 1 saturated heterocycles. The third-order valence-corrected chi connectivity index (χ3v) is 6.38. The summed E-state index contributed by atoms with van der Waals surface area (Å²) in [5.74, 6) is 0.936. The van der Waals surface area contributed by atoms with Gasteiger partial charge in [-0.25, -0.2) is 8.42 Å². The smallest absolute Gasteiger partial charge is 0.255 e. The molecule has 0 radical (unpaired) electrons. The second-order valence-corrected chi connectivity index (χ2v) is 9.14. The number of amides is 1. The Morgan fingerprint density at radius 1 is 1.00 bits per heavy atom. The minimum absolute atomic E-state index is 0.230. The number of anilines is 1. The van der Waals surface area contributed by atoms with Crippen molar-refractivity contribution in [2.24, 2.45) is 0 Å². The molecule has 0 spiro atoms. The van der Waals surface area contributed by atoms with Crippen molar-refractivity contribution in [3.05, 3.63) is 53.6 Å². The topological polar surface area (TPSA) is 88.2 Å². The number of hydrogen-bond donors (Lipinski definition) is 1. The van der Waals surface area contributed by atoms with Crippen LogP contribution in [0.4, 0.5) is 5.69 Å². The second-order valence-electron chi connectivity index (χ2n) is 7.16. The van der Waals surface area contributed by atoms with E-state index in [0.29, 0.717) is 55.5 Å². The summed E-state index contributed by atoms with van der Waals surface area (Å²) < 4.78 is 35.2. The Morgan fingerprint density at radius 3 is 2.23 bits per heavy atom. The van der Waals surface area contributed by atoms with E-state index in [0.717, 1.165) is 5.56 Å². The zero-order valence-electron chi connectivity index (χ0n) is 17.4. The zero-order chi connectivity index (χ0) is 21.7. The van der Waals surface area contributed by atoms with Crippen molar-refractivity contribution in [2.75, 3.05) is 52.0 Å². The lowest BCUT2D eigenvalue weighted by atomic mass is 10.1. The van der Waals surface area contributed by atoms with Crippen molar-refractivity contribution >= 4 is 21.6 Å². The van der Waals surface area contributed by atoms with E-state index < -0.39 is 10.0 Å². The number of methoxy groups -OCH3 is 2. The van der Waals surface area contributed by atoms with Crippen LogP contribution in [0, 0.1) is 0 Å². The fraction of sp³-hybridized carbons (Fsp3) is 0.381. The average molecular weight is 434 g/mol. The van der Waals surface area contributed by atoms with Crippen molar-refractivity contribution < 1.29 is 22.7 Å². The molecule has 0 atom stereocenters. The molecule has 0 unspecified atom stereocenters. The first-order valence-corrected chi connectivity index (χ1v) is 11.4. The highest BCUT2D eigenvalue weighted by Gasteiger charge is 2.23. The van der Waals surface area contributed by atoms with E-state index in [1.165, 1.54) is 17.7 Å². The Hall–Kier alpha value is -2.62. The summed E-state index contributed by atoms with van der Waals surface area (Å²) in [4.78, 5) is 14.8. The van der Waals surface area contributed by atoms with Gasteiger partial charge in [0.25, 0.3) is 5.91 Å². The SMILES string of the molecule is COc1ccc(NC(=O)c2ccc(CN3CCN(S(C)(=O)=O)CC3)cc2)c(OC)c1. The maximum Gasteiger partial charge on any atom is 0.255 e. The van der Waals surface area contributed by atoms with Gasteiger partial charge in [-0.1, -0.05) is 12.1 Å². The molecule has 9 heteroatoms. The fourth-order valence-corrected chi connectivity index (χ4v) is 4.16. The van der Waals surface area contributed by atoms with Crippen LogP contribution in [0.1, 0.15) is 15.9 Å². The van der Waals surface area contributed by atoms with Gasteiger partial charge in [0.15, 0.2) is 0 Å². The minimum atomic E-state index is -3.13. The van der Waals surface area contributed by atoms with Crippen LogP contribution >= 0.6 is 0 Å². The molecule has 1 N–H and O–H groups in total. The van der Waals surface area contributed by atoms with Crippen molar-refractivity contribution in [2.45, 2.75) is 6.54 Å². The number of nitrogens with zero attached hydrogens (tertiary/aromatic N) is 2. The minimum Gasteiger partial charge on any atom is -0.497 e. The van der Waals surface area contributed by atoms with Gasteiger partial charge in [-0.05, 0) is 29.8 Å². The van der Waals surface area contributed by atoms with Crippen LogP contribution in [0.3, 0.4) is 0 Å². The lowest BCUT2D eigenvalue weighted by Gasteiger charge is -2.33. The Labute approximate surface area is 177 Å². The Morgan fingerprint density at radius 2 is 1.67 bits per heavy atom. The van der Waals surface area contributed by atoms with E-state index in [-0.39, 0.29) is 5.91 Å². The lowest BCUT2D eigenvalue weighted by molar-refractivity contribution is 0.102. The van der Waals surface area contributed by atoms with E-state index in [1.807, 2.05) is 12.1 Å². The summed E-state index contributed by atoms with van der Waals surface area (Å²) in [5, 5.41) is 2.86. The quantitative estimate of drug-likeness (QED) is 0.719. The molecule has 1 fully saturated rings. The first-order chi connectivity index (χ1) is 14.3. The van der Waals surface area contributed by atoms with Crippen molar-refractivity contribution in [1.82, 2.24) is 9.21 Å². The van der Waals surface area contributed by atoms with Gasteiger partial charge in [-0.15, -0.1) is 0 Å². The molecule has 2 aromatic carbocycles. The highest BCUT2D eigenvalue weighted by molar-refractivity contribution is 7.88. The van der Waals surface area contributed by atoms with Gasteiger partial charge in [-0.3, -0.25) is 9.69 Å². The number of benzene rings is 2. The van der Waals surface area contributed by atoms with Crippen molar-refractivity contribution in [1.29, 1.82) is 0 Å². The Bertz CT molecular complexity index is 984. The molecule has 0 bridgehead atoms. The predicted octanol–water partition coefficient (Wildman–Crippen LogP) is 2.03. The summed E-state index contributed by atoms with van der Waals surface area (Å²) >= 11 is 0. The molecule has 162 valence electrons.